The van der Waals surface area contributed by atoms with E-state index >= 15 is 0 Å². The normalized spacial score (nSPS) is 17.5. The molecule has 2 amide bonds. The van der Waals surface area contributed by atoms with Gasteiger partial charge in [-0.3, -0.25) is 9.59 Å². The number of carbonyl (C=O) groups excluding carboxylic acids is 2. The van der Waals surface area contributed by atoms with Gasteiger partial charge in [-0.2, -0.15) is 0 Å². The monoisotopic (exact) mass is 326 g/mol. The van der Waals surface area contributed by atoms with Crippen molar-refractivity contribution in [3.63, 3.8) is 0 Å². The Bertz CT molecular complexity index is 716. The van der Waals surface area contributed by atoms with E-state index in [1.807, 2.05) is 30.3 Å². The van der Waals surface area contributed by atoms with Gasteiger partial charge in [-0.1, -0.05) is 42.5 Å². The number of aryl methyl sites for hydroxylation is 1. The number of nitrogens with zero attached hydrogens (tertiary/aromatic N) is 1. The second-order valence-corrected chi connectivity index (χ2v) is 5.82. The summed E-state index contributed by atoms with van der Waals surface area (Å²) in [6.07, 6.45) is 0.975. The van der Waals surface area contributed by atoms with Crippen molar-refractivity contribution in [2.45, 2.75) is 18.9 Å². The molecule has 2 aromatic carbocycles. The van der Waals surface area contributed by atoms with E-state index in [2.05, 4.69) is 5.32 Å². The number of amides is 2. The molecule has 2 aromatic rings. The van der Waals surface area contributed by atoms with Crippen LogP contribution in [0.2, 0.25) is 0 Å². The summed E-state index contributed by atoms with van der Waals surface area (Å²) in [5, 5.41) is 2.78. The molecule has 1 fully saturated rings. The van der Waals surface area contributed by atoms with Crippen molar-refractivity contribution < 1.29 is 14.0 Å². The maximum Gasteiger partial charge on any atom is 0.247 e. The molecule has 0 saturated carbocycles. The van der Waals surface area contributed by atoms with E-state index in [-0.39, 0.29) is 17.6 Å². The van der Waals surface area contributed by atoms with Crippen molar-refractivity contribution in [1.82, 2.24) is 10.2 Å². The molecule has 124 valence electrons. The van der Waals surface area contributed by atoms with E-state index in [1.54, 1.807) is 17.0 Å². The molecular formula is C19H19FN2O2. The average Bonchev–Trinajstić information content (AvgIpc) is 2.61. The second-order valence-electron chi connectivity index (χ2n) is 5.82. The third-order valence-electron chi connectivity index (χ3n) is 4.19. The van der Waals surface area contributed by atoms with Crippen molar-refractivity contribution in [2.75, 3.05) is 13.1 Å². The van der Waals surface area contributed by atoms with Crippen LogP contribution in [0.1, 0.15) is 23.6 Å². The highest BCUT2D eigenvalue weighted by Crippen LogP contribution is 2.24. The van der Waals surface area contributed by atoms with E-state index in [0.29, 0.717) is 31.5 Å². The van der Waals surface area contributed by atoms with Crippen LogP contribution in [0.4, 0.5) is 4.39 Å². The molecule has 1 atom stereocenters. The summed E-state index contributed by atoms with van der Waals surface area (Å²) in [4.78, 5) is 26.5. The Morgan fingerprint density at radius 2 is 1.83 bits per heavy atom. The second kappa shape index (κ2) is 7.25. The SMILES string of the molecule is O=C1NCCN(C(=O)CCc2ccccc2)C1c1ccc(F)cc1. The van der Waals surface area contributed by atoms with Crippen LogP contribution < -0.4 is 5.32 Å². The van der Waals surface area contributed by atoms with Gasteiger partial charge in [0.25, 0.3) is 0 Å². The van der Waals surface area contributed by atoms with E-state index in [0.717, 1.165) is 5.56 Å². The highest BCUT2D eigenvalue weighted by Gasteiger charge is 2.33. The number of halogens is 1. The number of carbonyl (C=O) groups is 2. The van der Waals surface area contributed by atoms with Gasteiger partial charge in [-0.25, -0.2) is 4.39 Å². The van der Waals surface area contributed by atoms with Gasteiger partial charge in [-0.15, -0.1) is 0 Å². The summed E-state index contributed by atoms with van der Waals surface area (Å²) in [7, 11) is 0. The molecule has 5 heteroatoms. The molecule has 1 N–H and O–H groups in total. The molecule has 1 unspecified atom stereocenters. The lowest BCUT2D eigenvalue weighted by atomic mass is 10.0. The van der Waals surface area contributed by atoms with Crippen LogP contribution in [0.15, 0.2) is 54.6 Å². The molecule has 0 aromatic heterocycles. The lowest BCUT2D eigenvalue weighted by molar-refractivity contribution is -0.143. The Morgan fingerprint density at radius 1 is 1.12 bits per heavy atom. The Morgan fingerprint density at radius 3 is 2.54 bits per heavy atom. The molecule has 0 aliphatic carbocycles. The van der Waals surface area contributed by atoms with Gasteiger partial charge in [0.05, 0.1) is 0 Å². The quantitative estimate of drug-likeness (QED) is 0.938. The van der Waals surface area contributed by atoms with Gasteiger partial charge in [0.2, 0.25) is 11.8 Å². The van der Waals surface area contributed by atoms with E-state index in [4.69, 9.17) is 0 Å². The van der Waals surface area contributed by atoms with E-state index < -0.39 is 6.04 Å². The smallest absolute Gasteiger partial charge is 0.247 e. The third-order valence-corrected chi connectivity index (χ3v) is 4.19. The first kappa shape index (κ1) is 16.2. The molecule has 3 rings (SSSR count). The molecule has 1 aliphatic rings. The summed E-state index contributed by atoms with van der Waals surface area (Å²) in [6.45, 7) is 0.898. The highest BCUT2D eigenvalue weighted by molar-refractivity contribution is 5.89. The summed E-state index contributed by atoms with van der Waals surface area (Å²) in [5.41, 5.74) is 1.72. The first-order chi connectivity index (χ1) is 11.6. The van der Waals surface area contributed by atoms with Gasteiger partial charge >= 0.3 is 0 Å². The minimum absolute atomic E-state index is 0.0666. The molecule has 4 nitrogen and oxygen atoms in total. The maximum atomic E-state index is 13.1. The first-order valence-corrected chi connectivity index (χ1v) is 8.02. The largest absolute Gasteiger partial charge is 0.352 e. The number of piperazine rings is 1. The van der Waals surface area contributed by atoms with Crippen molar-refractivity contribution in [3.05, 3.63) is 71.5 Å². The maximum absolute atomic E-state index is 13.1. The fourth-order valence-corrected chi connectivity index (χ4v) is 2.95. The highest BCUT2D eigenvalue weighted by atomic mass is 19.1. The van der Waals surface area contributed by atoms with E-state index in [9.17, 15) is 14.0 Å². The molecular weight excluding hydrogens is 307 g/mol. The fourth-order valence-electron chi connectivity index (χ4n) is 2.95. The van der Waals surface area contributed by atoms with Crippen molar-refractivity contribution in [3.8, 4) is 0 Å². The molecule has 0 radical (unpaired) electrons. The third kappa shape index (κ3) is 3.62. The lowest BCUT2D eigenvalue weighted by Crippen LogP contribution is -2.52. The van der Waals surface area contributed by atoms with Crippen LogP contribution in [0.25, 0.3) is 0 Å². The topological polar surface area (TPSA) is 49.4 Å². The van der Waals surface area contributed by atoms with Crippen molar-refractivity contribution >= 4 is 11.8 Å². The number of benzene rings is 2. The predicted octanol–water partition coefficient (Wildman–Crippen LogP) is 2.46. The lowest BCUT2D eigenvalue weighted by Gasteiger charge is -2.35. The van der Waals surface area contributed by atoms with Crippen LogP contribution in [0.3, 0.4) is 0 Å². The van der Waals surface area contributed by atoms with Crippen molar-refractivity contribution in [1.29, 1.82) is 0 Å². The summed E-state index contributed by atoms with van der Waals surface area (Å²) < 4.78 is 13.1. The average molecular weight is 326 g/mol. The van der Waals surface area contributed by atoms with Crippen LogP contribution >= 0.6 is 0 Å². The fraction of sp³-hybridized carbons (Fsp3) is 0.263. The number of hydrogen-bond donors (Lipinski definition) is 1. The first-order valence-electron chi connectivity index (χ1n) is 8.02. The molecule has 24 heavy (non-hydrogen) atoms. The Labute approximate surface area is 140 Å². The van der Waals surface area contributed by atoms with Crippen LogP contribution in [0.5, 0.6) is 0 Å². The zero-order chi connectivity index (χ0) is 16.9. The minimum Gasteiger partial charge on any atom is -0.352 e. The van der Waals surface area contributed by atoms with Crippen LogP contribution in [0, 0.1) is 5.82 Å². The number of rotatable bonds is 4. The zero-order valence-electron chi connectivity index (χ0n) is 13.2. The zero-order valence-corrected chi connectivity index (χ0v) is 13.2. The molecule has 0 spiro atoms. The molecule has 0 bridgehead atoms. The van der Waals surface area contributed by atoms with Gasteiger partial charge in [-0.05, 0) is 29.7 Å². The predicted molar refractivity (Wildman–Crippen MR) is 88.6 cm³/mol. The van der Waals surface area contributed by atoms with Gasteiger partial charge in [0, 0.05) is 19.5 Å². The molecule has 1 heterocycles. The summed E-state index contributed by atoms with van der Waals surface area (Å²) >= 11 is 0. The standard InChI is InChI=1S/C19H19FN2O2/c20-16-9-7-15(8-10-16)18-19(24)21-12-13-22(18)17(23)11-6-14-4-2-1-3-5-14/h1-5,7-10,18H,6,11-13H2,(H,21,24). The van der Waals surface area contributed by atoms with Gasteiger partial charge in [0.1, 0.15) is 11.9 Å². The Hall–Kier alpha value is -2.69. The summed E-state index contributed by atoms with van der Waals surface area (Å²) in [6, 6.07) is 14.8. The molecule has 1 aliphatic heterocycles. The van der Waals surface area contributed by atoms with E-state index in [1.165, 1.54) is 12.1 Å². The van der Waals surface area contributed by atoms with Crippen LogP contribution in [-0.4, -0.2) is 29.8 Å². The van der Waals surface area contributed by atoms with Crippen molar-refractivity contribution in [2.24, 2.45) is 0 Å². The Balaban J connectivity index is 1.74. The number of nitrogens with one attached hydrogen (secondary N) is 1. The minimum atomic E-state index is -0.692. The summed E-state index contributed by atoms with van der Waals surface area (Å²) in [5.74, 6) is -0.652. The van der Waals surface area contributed by atoms with Gasteiger partial charge < -0.3 is 10.2 Å². The number of hydrogen-bond acceptors (Lipinski definition) is 2. The molecule has 1 saturated heterocycles. The van der Waals surface area contributed by atoms with Crippen LogP contribution in [-0.2, 0) is 16.0 Å². The van der Waals surface area contributed by atoms with Gasteiger partial charge in [0.15, 0.2) is 0 Å². The Kier molecular flexibility index (Phi) is 4.89.